The predicted molar refractivity (Wildman–Crippen MR) is 79.6 cm³/mol. The van der Waals surface area contributed by atoms with Gasteiger partial charge in [0.25, 0.3) is 0 Å². The number of nitrogens with one attached hydrogen (secondary N) is 1. The molecule has 0 aliphatic carbocycles. The van der Waals surface area contributed by atoms with Crippen LogP contribution in [0.2, 0.25) is 0 Å². The molecule has 0 saturated heterocycles. The third kappa shape index (κ3) is 4.26. The first kappa shape index (κ1) is 15.4. The summed E-state index contributed by atoms with van der Waals surface area (Å²) in [6.45, 7) is 5.87. The molecule has 0 aliphatic rings. The van der Waals surface area contributed by atoms with Crippen LogP contribution in [0.3, 0.4) is 0 Å². The quantitative estimate of drug-likeness (QED) is 0.787. The van der Waals surface area contributed by atoms with Gasteiger partial charge in [-0.05, 0) is 55.3 Å². The van der Waals surface area contributed by atoms with Crippen molar-refractivity contribution in [1.29, 1.82) is 0 Å². The highest BCUT2D eigenvalue weighted by molar-refractivity contribution is 5.38. The lowest BCUT2D eigenvalue weighted by atomic mass is 10.1. The van der Waals surface area contributed by atoms with Gasteiger partial charge < -0.3 is 10.1 Å². The second-order valence-corrected chi connectivity index (χ2v) is 4.94. The molecule has 0 aliphatic heterocycles. The minimum atomic E-state index is -0.707. The van der Waals surface area contributed by atoms with Crippen molar-refractivity contribution in [3.05, 3.63) is 59.2 Å². The van der Waals surface area contributed by atoms with Gasteiger partial charge in [-0.1, -0.05) is 13.0 Å². The number of benzene rings is 2. The van der Waals surface area contributed by atoms with E-state index in [2.05, 4.69) is 12.2 Å². The molecule has 112 valence electrons. The van der Waals surface area contributed by atoms with E-state index in [0.717, 1.165) is 31.1 Å². The molecule has 0 amide bonds. The average molecular weight is 291 g/mol. The molecule has 21 heavy (non-hydrogen) atoms. The van der Waals surface area contributed by atoms with Gasteiger partial charge in [0.05, 0.1) is 0 Å². The number of rotatable bonds is 6. The van der Waals surface area contributed by atoms with E-state index in [0.29, 0.717) is 5.75 Å². The molecule has 1 N–H and O–H groups in total. The summed E-state index contributed by atoms with van der Waals surface area (Å²) in [6, 6.07) is 8.87. The summed E-state index contributed by atoms with van der Waals surface area (Å²) in [6.07, 6.45) is 1.09. The first-order valence-electron chi connectivity index (χ1n) is 7.03. The van der Waals surface area contributed by atoms with Gasteiger partial charge in [0.1, 0.15) is 11.6 Å². The number of ether oxygens (including phenoxy) is 1. The normalized spacial score (nSPS) is 10.7. The highest BCUT2D eigenvalue weighted by atomic mass is 19.1. The molecular formula is C17H19F2NO. The second kappa shape index (κ2) is 7.18. The van der Waals surface area contributed by atoms with Crippen molar-refractivity contribution in [3.8, 4) is 11.5 Å². The topological polar surface area (TPSA) is 21.3 Å². The Kier molecular flexibility index (Phi) is 5.28. The van der Waals surface area contributed by atoms with E-state index in [-0.39, 0.29) is 5.75 Å². The fraction of sp³-hybridized carbons (Fsp3) is 0.294. The molecule has 4 heteroatoms. The largest absolute Gasteiger partial charge is 0.454 e. The van der Waals surface area contributed by atoms with E-state index in [1.807, 2.05) is 19.1 Å². The van der Waals surface area contributed by atoms with Crippen molar-refractivity contribution < 1.29 is 13.5 Å². The first-order chi connectivity index (χ1) is 10.1. The van der Waals surface area contributed by atoms with E-state index in [4.69, 9.17) is 4.74 Å². The second-order valence-electron chi connectivity index (χ2n) is 4.94. The maximum atomic E-state index is 13.5. The minimum absolute atomic E-state index is 0.0210. The summed E-state index contributed by atoms with van der Waals surface area (Å²) in [5, 5.41) is 3.33. The van der Waals surface area contributed by atoms with Gasteiger partial charge in [-0.2, -0.15) is 0 Å². The summed E-state index contributed by atoms with van der Waals surface area (Å²) in [7, 11) is 0. The molecule has 0 heterocycles. The zero-order valence-corrected chi connectivity index (χ0v) is 12.2. The Bertz CT molecular complexity index is 614. The fourth-order valence-electron chi connectivity index (χ4n) is 2.01. The molecule has 0 unspecified atom stereocenters. The van der Waals surface area contributed by atoms with Crippen molar-refractivity contribution in [2.75, 3.05) is 6.54 Å². The van der Waals surface area contributed by atoms with Crippen LogP contribution in [0, 0.1) is 18.6 Å². The monoisotopic (exact) mass is 291 g/mol. The van der Waals surface area contributed by atoms with Gasteiger partial charge in [0, 0.05) is 12.6 Å². The highest BCUT2D eigenvalue weighted by Gasteiger charge is 2.07. The van der Waals surface area contributed by atoms with Crippen LogP contribution in [0.15, 0.2) is 36.4 Å². The van der Waals surface area contributed by atoms with Gasteiger partial charge in [-0.25, -0.2) is 8.78 Å². The number of halogens is 2. The Morgan fingerprint density at radius 2 is 1.90 bits per heavy atom. The van der Waals surface area contributed by atoms with E-state index in [1.165, 1.54) is 17.7 Å². The maximum absolute atomic E-state index is 13.5. The number of hydrogen-bond acceptors (Lipinski definition) is 2. The molecule has 0 saturated carbocycles. The third-order valence-electron chi connectivity index (χ3n) is 3.18. The fourth-order valence-corrected chi connectivity index (χ4v) is 2.01. The molecule has 0 atom stereocenters. The van der Waals surface area contributed by atoms with Crippen LogP contribution in [0.1, 0.15) is 24.5 Å². The van der Waals surface area contributed by atoms with Gasteiger partial charge in [-0.3, -0.25) is 0 Å². The van der Waals surface area contributed by atoms with Crippen LogP contribution in [-0.2, 0) is 6.54 Å². The molecule has 0 fully saturated rings. The predicted octanol–water partition coefficient (Wildman–Crippen LogP) is 4.57. The van der Waals surface area contributed by atoms with Crippen molar-refractivity contribution in [2.24, 2.45) is 0 Å². The summed E-state index contributed by atoms with van der Waals surface area (Å²) in [4.78, 5) is 0. The van der Waals surface area contributed by atoms with Crippen molar-refractivity contribution in [2.45, 2.75) is 26.8 Å². The molecule has 0 spiro atoms. The standard InChI is InChI=1S/C17H19F2NO/c1-3-8-20-11-13-4-6-15(9-12(13)2)21-17-7-5-14(18)10-16(17)19/h4-7,9-10,20H,3,8,11H2,1-2H3. The van der Waals surface area contributed by atoms with Crippen LogP contribution in [0.25, 0.3) is 0 Å². The zero-order chi connectivity index (χ0) is 15.2. The van der Waals surface area contributed by atoms with Crippen molar-refractivity contribution >= 4 is 0 Å². The lowest BCUT2D eigenvalue weighted by Crippen LogP contribution is -2.14. The highest BCUT2D eigenvalue weighted by Crippen LogP contribution is 2.26. The van der Waals surface area contributed by atoms with Gasteiger partial charge in [-0.15, -0.1) is 0 Å². The molecule has 0 radical (unpaired) electrons. The molecule has 2 aromatic carbocycles. The Labute approximate surface area is 123 Å². The SMILES string of the molecule is CCCNCc1ccc(Oc2ccc(F)cc2F)cc1C. The van der Waals surface area contributed by atoms with Gasteiger partial charge >= 0.3 is 0 Å². The van der Waals surface area contributed by atoms with E-state index in [1.54, 1.807) is 6.07 Å². The maximum Gasteiger partial charge on any atom is 0.168 e. The molecule has 2 aromatic rings. The Balaban J connectivity index is 2.09. The number of aryl methyl sites for hydroxylation is 1. The summed E-state index contributed by atoms with van der Waals surface area (Å²) < 4.78 is 31.9. The van der Waals surface area contributed by atoms with Crippen LogP contribution in [-0.4, -0.2) is 6.54 Å². The van der Waals surface area contributed by atoms with Gasteiger partial charge in [0.2, 0.25) is 0 Å². The number of hydrogen-bond donors (Lipinski definition) is 1. The van der Waals surface area contributed by atoms with Crippen molar-refractivity contribution in [1.82, 2.24) is 5.32 Å². The lowest BCUT2D eigenvalue weighted by molar-refractivity contribution is 0.437. The minimum Gasteiger partial charge on any atom is -0.454 e. The van der Waals surface area contributed by atoms with Gasteiger partial charge in [0.15, 0.2) is 11.6 Å². The van der Waals surface area contributed by atoms with Crippen LogP contribution in [0.5, 0.6) is 11.5 Å². The summed E-state index contributed by atoms with van der Waals surface area (Å²) >= 11 is 0. The van der Waals surface area contributed by atoms with Crippen LogP contribution in [0.4, 0.5) is 8.78 Å². The zero-order valence-electron chi connectivity index (χ0n) is 12.2. The van der Waals surface area contributed by atoms with E-state index in [9.17, 15) is 8.78 Å². The molecule has 2 rings (SSSR count). The Morgan fingerprint density at radius 3 is 2.57 bits per heavy atom. The lowest BCUT2D eigenvalue weighted by Gasteiger charge is -2.11. The third-order valence-corrected chi connectivity index (χ3v) is 3.18. The van der Waals surface area contributed by atoms with E-state index >= 15 is 0 Å². The molecule has 0 bridgehead atoms. The Morgan fingerprint density at radius 1 is 1.10 bits per heavy atom. The summed E-state index contributed by atoms with van der Waals surface area (Å²) in [5.41, 5.74) is 2.24. The Hall–Kier alpha value is -1.94. The van der Waals surface area contributed by atoms with Crippen LogP contribution < -0.4 is 10.1 Å². The summed E-state index contributed by atoms with van der Waals surface area (Å²) in [5.74, 6) is -0.764. The molecule has 2 nitrogen and oxygen atoms in total. The molecular weight excluding hydrogens is 272 g/mol. The molecule has 0 aromatic heterocycles. The van der Waals surface area contributed by atoms with Crippen LogP contribution >= 0.6 is 0 Å². The average Bonchev–Trinajstić information content (AvgIpc) is 2.44. The van der Waals surface area contributed by atoms with Crippen molar-refractivity contribution in [3.63, 3.8) is 0 Å². The first-order valence-corrected chi connectivity index (χ1v) is 7.03. The van der Waals surface area contributed by atoms with E-state index < -0.39 is 11.6 Å². The smallest absolute Gasteiger partial charge is 0.168 e.